The summed E-state index contributed by atoms with van der Waals surface area (Å²) in [7, 11) is 1.44. The first-order valence-corrected chi connectivity index (χ1v) is 5.39. The van der Waals surface area contributed by atoms with E-state index in [-0.39, 0.29) is 11.6 Å². The molecule has 0 radical (unpaired) electrons. The summed E-state index contributed by atoms with van der Waals surface area (Å²) in [5.41, 5.74) is -0.387. The summed E-state index contributed by atoms with van der Waals surface area (Å²) in [5, 5.41) is 13.3. The molecule has 0 aliphatic rings. The van der Waals surface area contributed by atoms with Crippen molar-refractivity contribution in [3.05, 3.63) is 28.3 Å². The lowest BCUT2D eigenvalue weighted by Gasteiger charge is -2.18. The van der Waals surface area contributed by atoms with Crippen molar-refractivity contribution >= 4 is 17.3 Å². The van der Waals surface area contributed by atoms with Gasteiger partial charge in [-0.2, -0.15) is 0 Å². The standard InChI is InChI=1S/C12H16N2O4/c1-12(2,3)11(15)13-9-7-8(14(16)17)5-6-10(9)18-4/h5-7H,1-4H3,(H,13,15). The number of non-ortho nitro benzene ring substituents is 1. The SMILES string of the molecule is COc1ccc([N+](=O)[O-])cc1NC(=O)C(C)(C)C. The molecule has 0 saturated carbocycles. The number of hydrogen-bond donors (Lipinski definition) is 1. The summed E-state index contributed by atoms with van der Waals surface area (Å²) in [6, 6.07) is 4.06. The van der Waals surface area contributed by atoms with Gasteiger partial charge in [-0.15, -0.1) is 0 Å². The Bertz CT molecular complexity index is 477. The zero-order valence-electron chi connectivity index (χ0n) is 10.8. The Morgan fingerprint density at radius 3 is 2.44 bits per heavy atom. The van der Waals surface area contributed by atoms with E-state index in [1.807, 2.05) is 0 Å². The van der Waals surface area contributed by atoms with Gasteiger partial charge in [0.25, 0.3) is 5.69 Å². The molecule has 0 aliphatic carbocycles. The van der Waals surface area contributed by atoms with Crippen LogP contribution in [0.2, 0.25) is 0 Å². The number of nitro benzene ring substituents is 1. The van der Waals surface area contributed by atoms with E-state index in [0.29, 0.717) is 11.4 Å². The summed E-state index contributed by atoms with van der Waals surface area (Å²) >= 11 is 0. The van der Waals surface area contributed by atoms with Crippen molar-refractivity contribution in [2.75, 3.05) is 12.4 Å². The minimum atomic E-state index is -0.588. The number of carbonyl (C=O) groups excluding carboxylic acids is 1. The Morgan fingerprint density at radius 1 is 1.39 bits per heavy atom. The van der Waals surface area contributed by atoms with E-state index in [1.54, 1.807) is 20.8 Å². The van der Waals surface area contributed by atoms with Gasteiger partial charge < -0.3 is 10.1 Å². The first-order valence-electron chi connectivity index (χ1n) is 5.39. The molecule has 6 nitrogen and oxygen atoms in total. The Labute approximate surface area is 105 Å². The van der Waals surface area contributed by atoms with E-state index in [2.05, 4.69) is 5.32 Å². The predicted molar refractivity (Wildman–Crippen MR) is 67.7 cm³/mol. The Morgan fingerprint density at radius 2 is 2.00 bits per heavy atom. The number of amides is 1. The predicted octanol–water partition coefficient (Wildman–Crippen LogP) is 2.59. The van der Waals surface area contributed by atoms with Gasteiger partial charge in [-0.25, -0.2) is 0 Å². The van der Waals surface area contributed by atoms with E-state index in [9.17, 15) is 14.9 Å². The third-order valence-electron chi connectivity index (χ3n) is 2.32. The third-order valence-corrected chi connectivity index (χ3v) is 2.32. The molecule has 0 heterocycles. The maximum Gasteiger partial charge on any atom is 0.271 e. The van der Waals surface area contributed by atoms with E-state index in [0.717, 1.165) is 0 Å². The molecule has 1 aromatic carbocycles. The highest BCUT2D eigenvalue weighted by Crippen LogP contribution is 2.30. The molecular weight excluding hydrogens is 236 g/mol. The van der Waals surface area contributed by atoms with Crippen LogP contribution >= 0.6 is 0 Å². The van der Waals surface area contributed by atoms with Crippen molar-refractivity contribution < 1.29 is 14.5 Å². The number of anilines is 1. The molecule has 18 heavy (non-hydrogen) atoms. The zero-order chi connectivity index (χ0) is 13.9. The summed E-state index contributed by atoms with van der Waals surface area (Å²) < 4.78 is 5.06. The Kier molecular flexibility index (Phi) is 3.90. The second-order valence-electron chi connectivity index (χ2n) is 4.85. The molecule has 0 saturated heterocycles. The first-order chi connectivity index (χ1) is 8.25. The molecule has 0 spiro atoms. The van der Waals surface area contributed by atoms with E-state index in [1.165, 1.54) is 25.3 Å². The number of nitrogens with zero attached hydrogens (tertiary/aromatic N) is 1. The van der Waals surface area contributed by atoms with Crippen molar-refractivity contribution in [2.24, 2.45) is 5.41 Å². The van der Waals surface area contributed by atoms with Gasteiger partial charge in [0, 0.05) is 17.5 Å². The molecule has 0 unspecified atom stereocenters. The number of nitrogens with one attached hydrogen (secondary N) is 1. The number of nitro groups is 1. The Hall–Kier alpha value is -2.11. The lowest BCUT2D eigenvalue weighted by atomic mass is 9.95. The Balaban J connectivity index is 3.09. The number of ether oxygens (including phenoxy) is 1. The quantitative estimate of drug-likeness (QED) is 0.662. The van der Waals surface area contributed by atoms with Crippen LogP contribution in [0.15, 0.2) is 18.2 Å². The van der Waals surface area contributed by atoms with Gasteiger partial charge in [0.05, 0.1) is 17.7 Å². The lowest BCUT2D eigenvalue weighted by molar-refractivity contribution is -0.384. The van der Waals surface area contributed by atoms with Crippen molar-refractivity contribution in [2.45, 2.75) is 20.8 Å². The molecule has 1 rings (SSSR count). The smallest absolute Gasteiger partial charge is 0.271 e. The minimum Gasteiger partial charge on any atom is -0.495 e. The molecule has 0 aromatic heterocycles. The molecule has 0 fully saturated rings. The van der Waals surface area contributed by atoms with Crippen molar-refractivity contribution in [1.82, 2.24) is 0 Å². The summed E-state index contributed by atoms with van der Waals surface area (Å²) in [6.07, 6.45) is 0. The van der Waals surface area contributed by atoms with Crippen LogP contribution in [-0.4, -0.2) is 17.9 Å². The fraction of sp³-hybridized carbons (Fsp3) is 0.417. The van der Waals surface area contributed by atoms with Crippen LogP contribution in [0.4, 0.5) is 11.4 Å². The van der Waals surface area contributed by atoms with Gasteiger partial charge in [0.15, 0.2) is 0 Å². The van der Waals surface area contributed by atoms with Gasteiger partial charge in [-0.1, -0.05) is 20.8 Å². The van der Waals surface area contributed by atoms with Crippen LogP contribution in [0, 0.1) is 15.5 Å². The molecule has 0 atom stereocenters. The fourth-order valence-corrected chi connectivity index (χ4v) is 1.22. The van der Waals surface area contributed by atoms with Crippen LogP contribution < -0.4 is 10.1 Å². The molecule has 6 heteroatoms. The van der Waals surface area contributed by atoms with Crippen LogP contribution in [0.3, 0.4) is 0 Å². The molecule has 0 bridgehead atoms. The number of methoxy groups -OCH3 is 1. The van der Waals surface area contributed by atoms with E-state index < -0.39 is 10.3 Å². The van der Waals surface area contributed by atoms with Crippen molar-refractivity contribution in [3.63, 3.8) is 0 Å². The maximum absolute atomic E-state index is 11.8. The summed E-state index contributed by atoms with van der Waals surface area (Å²) in [5.74, 6) is 0.152. The van der Waals surface area contributed by atoms with Crippen molar-refractivity contribution in [1.29, 1.82) is 0 Å². The van der Waals surface area contributed by atoms with Gasteiger partial charge in [-0.05, 0) is 6.07 Å². The highest BCUT2D eigenvalue weighted by Gasteiger charge is 2.23. The number of benzene rings is 1. The average molecular weight is 252 g/mol. The zero-order valence-corrected chi connectivity index (χ0v) is 10.8. The number of hydrogen-bond acceptors (Lipinski definition) is 4. The topological polar surface area (TPSA) is 81.5 Å². The van der Waals surface area contributed by atoms with Crippen LogP contribution in [0.25, 0.3) is 0 Å². The highest BCUT2D eigenvalue weighted by molar-refractivity contribution is 5.96. The van der Waals surface area contributed by atoms with Gasteiger partial charge in [-0.3, -0.25) is 14.9 Å². The molecule has 1 N–H and O–H groups in total. The molecular formula is C12H16N2O4. The minimum absolute atomic E-state index is 0.0972. The summed E-state index contributed by atoms with van der Waals surface area (Å²) in [6.45, 7) is 5.27. The second kappa shape index (κ2) is 5.03. The first kappa shape index (κ1) is 14.0. The molecule has 98 valence electrons. The molecule has 0 aliphatic heterocycles. The highest BCUT2D eigenvalue weighted by atomic mass is 16.6. The van der Waals surface area contributed by atoms with Gasteiger partial charge in [0.1, 0.15) is 5.75 Å². The fourth-order valence-electron chi connectivity index (χ4n) is 1.22. The lowest BCUT2D eigenvalue weighted by Crippen LogP contribution is -2.27. The number of rotatable bonds is 3. The second-order valence-corrected chi connectivity index (χ2v) is 4.85. The van der Waals surface area contributed by atoms with Gasteiger partial charge >= 0.3 is 0 Å². The molecule has 1 amide bonds. The normalized spacial score (nSPS) is 10.9. The number of carbonyl (C=O) groups is 1. The van der Waals surface area contributed by atoms with E-state index in [4.69, 9.17) is 4.74 Å². The maximum atomic E-state index is 11.8. The van der Waals surface area contributed by atoms with Crippen LogP contribution in [0.1, 0.15) is 20.8 Å². The third kappa shape index (κ3) is 3.19. The summed E-state index contributed by atoms with van der Waals surface area (Å²) in [4.78, 5) is 22.0. The molecule has 1 aromatic rings. The van der Waals surface area contributed by atoms with E-state index >= 15 is 0 Å². The average Bonchev–Trinajstić information content (AvgIpc) is 2.27. The van der Waals surface area contributed by atoms with Crippen LogP contribution in [-0.2, 0) is 4.79 Å². The largest absolute Gasteiger partial charge is 0.495 e. The van der Waals surface area contributed by atoms with Crippen molar-refractivity contribution in [3.8, 4) is 5.75 Å². The van der Waals surface area contributed by atoms with Crippen LogP contribution in [0.5, 0.6) is 5.75 Å². The monoisotopic (exact) mass is 252 g/mol. The van der Waals surface area contributed by atoms with Gasteiger partial charge in [0.2, 0.25) is 5.91 Å².